The van der Waals surface area contributed by atoms with Crippen LogP contribution < -0.4 is 0 Å². The summed E-state index contributed by atoms with van der Waals surface area (Å²) in [5, 5.41) is 8.48. The van der Waals surface area contributed by atoms with Gasteiger partial charge in [-0.3, -0.25) is 4.79 Å². The maximum absolute atomic E-state index is 12.0. The third-order valence-electron chi connectivity index (χ3n) is 2.86. The molecular weight excluding hydrogens is 220 g/mol. The molecule has 3 nitrogen and oxygen atoms in total. The molecule has 0 unspecified atom stereocenters. The summed E-state index contributed by atoms with van der Waals surface area (Å²) in [5.74, 6) is 0.0506. The van der Waals surface area contributed by atoms with Crippen LogP contribution in [0.5, 0.6) is 0 Å². The van der Waals surface area contributed by atoms with Crippen molar-refractivity contribution in [3.8, 4) is 6.07 Å². The summed E-state index contributed by atoms with van der Waals surface area (Å²) in [4.78, 5) is 15.8. The zero-order chi connectivity index (χ0) is 11.5. The fourth-order valence-electron chi connectivity index (χ4n) is 1.94. The summed E-state index contributed by atoms with van der Waals surface area (Å²) in [6.45, 7) is 0.512. The van der Waals surface area contributed by atoms with Gasteiger partial charge in [0.25, 0.3) is 5.91 Å². The van der Waals surface area contributed by atoms with E-state index in [1.165, 1.54) is 16.9 Å². The average Bonchev–Trinajstić information content (AvgIpc) is 2.84. The highest BCUT2D eigenvalue weighted by atomic mass is 32.1. The molecule has 1 aromatic heterocycles. The van der Waals surface area contributed by atoms with E-state index in [-0.39, 0.29) is 5.91 Å². The minimum atomic E-state index is 0.0506. The lowest BCUT2D eigenvalue weighted by atomic mass is 10.2. The van der Waals surface area contributed by atoms with E-state index in [1.807, 2.05) is 6.07 Å². The van der Waals surface area contributed by atoms with Crippen molar-refractivity contribution < 1.29 is 4.79 Å². The van der Waals surface area contributed by atoms with Crippen molar-refractivity contribution in [2.24, 2.45) is 0 Å². The Morgan fingerprint density at radius 1 is 1.62 bits per heavy atom. The topological polar surface area (TPSA) is 44.1 Å². The van der Waals surface area contributed by atoms with Crippen LogP contribution in [0.25, 0.3) is 0 Å². The molecule has 0 N–H and O–H groups in total. The van der Waals surface area contributed by atoms with Gasteiger partial charge in [-0.15, -0.1) is 11.3 Å². The lowest BCUT2D eigenvalue weighted by Gasteiger charge is -2.13. The Bertz CT molecular complexity index is 423. The smallest absolute Gasteiger partial charge is 0.263 e. The molecule has 1 heterocycles. The summed E-state index contributed by atoms with van der Waals surface area (Å²) in [6.07, 6.45) is 3.85. The van der Waals surface area contributed by atoms with Gasteiger partial charge in [0, 0.05) is 18.5 Å². The SMILES string of the molecule is CN(CCC#N)C(=O)c1cc2c(s1)CCC2. The van der Waals surface area contributed by atoms with E-state index in [0.29, 0.717) is 13.0 Å². The molecule has 0 fully saturated rings. The summed E-state index contributed by atoms with van der Waals surface area (Å²) in [6, 6.07) is 4.08. The molecule has 1 aliphatic carbocycles. The van der Waals surface area contributed by atoms with Gasteiger partial charge in [0.1, 0.15) is 0 Å². The number of carbonyl (C=O) groups excluding carboxylic acids is 1. The van der Waals surface area contributed by atoms with E-state index >= 15 is 0 Å². The molecule has 1 amide bonds. The number of amides is 1. The Kier molecular flexibility index (Phi) is 3.25. The Morgan fingerprint density at radius 2 is 2.44 bits per heavy atom. The van der Waals surface area contributed by atoms with Gasteiger partial charge in [-0.1, -0.05) is 0 Å². The number of fused-ring (bicyclic) bond motifs is 1. The van der Waals surface area contributed by atoms with Gasteiger partial charge in [0.2, 0.25) is 0 Å². The lowest BCUT2D eigenvalue weighted by molar-refractivity contribution is 0.0802. The second kappa shape index (κ2) is 4.67. The van der Waals surface area contributed by atoms with Crippen LogP contribution >= 0.6 is 11.3 Å². The summed E-state index contributed by atoms with van der Waals surface area (Å²) >= 11 is 1.62. The molecule has 4 heteroatoms. The van der Waals surface area contributed by atoms with E-state index in [4.69, 9.17) is 5.26 Å². The van der Waals surface area contributed by atoms with Gasteiger partial charge in [0.05, 0.1) is 17.4 Å². The molecule has 0 radical (unpaired) electrons. The van der Waals surface area contributed by atoms with E-state index in [1.54, 1.807) is 23.3 Å². The predicted octanol–water partition coefficient (Wildman–Crippen LogP) is 2.22. The highest BCUT2D eigenvalue weighted by Crippen LogP contribution is 2.31. The normalized spacial score (nSPS) is 13.2. The molecule has 0 saturated carbocycles. The van der Waals surface area contributed by atoms with Gasteiger partial charge in [-0.2, -0.15) is 5.26 Å². The number of hydrogen-bond acceptors (Lipinski definition) is 3. The van der Waals surface area contributed by atoms with Crippen molar-refractivity contribution in [2.45, 2.75) is 25.7 Å². The maximum atomic E-state index is 12.0. The summed E-state index contributed by atoms with van der Waals surface area (Å²) in [7, 11) is 1.75. The Morgan fingerprint density at radius 3 is 3.12 bits per heavy atom. The molecule has 16 heavy (non-hydrogen) atoms. The number of aryl methyl sites for hydroxylation is 2. The van der Waals surface area contributed by atoms with Crippen molar-refractivity contribution in [1.82, 2.24) is 4.90 Å². The molecule has 1 aromatic rings. The number of hydrogen-bond donors (Lipinski definition) is 0. The van der Waals surface area contributed by atoms with Gasteiger partial charge in [-0.25, -0.2) is 0 Å². The van der Waals surface area contributed by atoms with E-state index in [9.17, 15) is 4.79 Å². The van der Waals surface area contributed by atoms with Crippen LogP contribution in [0.3, 0.4) is 0 Å². The first-order valence-electron chi connectivity index (χ1n) is 5.46. The quantitative estimate of drug-likeness (QED) is 0.805. The van der Waals surface area contributed by atoms with E-state index < -0.39 is 0 Å². The minimum absolute atomic E-state index is 0.0506. The largest absolute Gasteiger partial charge is 0.340 e. The van der Waals surface area contributed by atoms with Gasteiger partial charge < -0.3 is 4.90 Å². The number of rotatable bonds is 3. The van der Waals surface area contributed by atoms with Crippen LogP contribution in [-0.4, -0.2) is 24.4 Å². The van der Waals surface area contributed by atoms with Crippen molar-refractivity contribution in [3.63, 3.8) is 0 Å². The highest BCUT2D eigenvalue weighted by Gasteiger charge is 2.20. The van der Waals surface area contributed by atoms with Crippen LogP contribution in [-0.2, 0) is 12.8 Å². The van der Waals surface area contributed by atoms with Crippen LogP contribution in [0.1, 0.15) is 33.0 Å². The van der Waals surface area contributed by atoms with Crippen molar-refractivity contribution >= 4 is 17.2 Å². The zero-order valence-corrected chi connectivity index (χ0v) is 10.1. The number of carbonyl (C=O) groups is 1. The summed E-state index contributed by atoms with van der Waals surface area (Å²) in [5.41, 5.74) is 1.35. The fourth-order valence-corrected chi connectivity index (χ4v) is 3.19. The van der Waals surface area contributed by atoms with E-state index in [0.717, 1.165) is 17.7 Å². The standard InChI is InChI=1S/C12H14N2OS/c1-14(7-3-6-13)12(15)11-8-9-4-2-5-10(9)16-11/h8H,2-5,7H2,1H3. The summed E-state index contributed by atoms with van der Waals surface area (Å²) < 4.78 is 0. The molecule has 2 rings (SSSR count). The first kappa shape index (κ1) is 11.2. The molecule has 0 bridgehead atoms. The first-order chi connectivity index (χ1) is 7.72. The first-order valence-corrected chi connectivity index (χ1v) is 6.28. The van der Waals surface area contributed by atoms with Gasteiger partial charge in [0.15, 0.2) is 0 Å². The molecule has 84 valence electrons. The van der Waals surface area contributed by atoms with Gasteiger partial charge in [-0.05, 0) is 30.9 Å². The van der Waals surface area contributed by atoms with Crippen LogP contribution in [0.4, 0.5) is 0 Å². The van der Waals surface area contributed by atoms with Crippen LogP contribution in [0.2, 0.25) is 0 Å². The van der Waals surface area contributed by atoms with Crippen molar-refractivity contribution in [3.05, 3.63) is 21.4 Å². The third kappa shape index (κ3) is 2.10. The van der Waals surface area contributed by atoms with E-state index in [2.05, 4.69) is 6.07 Å². The number of thiophene rings is 1. The second-order valence-electron chi connectivity index (χ2n) is 4.05. The molecule has 1 aliphatic rings. The van der Waals surface area contributed by atoms with Gasteiger partial charge >= 0.3 is 0 Å². The molecule has 0 atom stereocenters. The van der Waals surface area contributed by atoms with Crippen molar-refractivity contribution in [2.75, 3.05) is 13.6 Å². The Labute approximate surface area is 99.3 Å². The molecule has 0 aromatic carbocycles. The fraction of sp³-hybridized carbons (Fsp3) is 0.500. The zero-order valence-electron chi connectivity index (χ0n) is 9.32. The molecule has 0 aliphatic heterocycles. The lowest BCUT2D eigenvalue weighted by Crippen LogP contribution is -2.26. The number of nitriles is 1. The Hall–Kier alpha value is -1.34. The minimum Gasteiger partial charge on any atom is -0.340 e. The number of nitrogens with zero attached hydrogens (tertiary/aromatic N) is 2. The maximum Gasteiger partial charge on any atom is 0.263 e. The molecule has 0 saturated heterocycles. The average molecular weight is 234 g/mol. The highest BCUT2D eigenvalue weighted by molar-refractivity contribution is 7.14. The van der Waals surface area contributed by atoms with Crippen molar-refractivity contribution in [1.29, 1.82) is 5.26 Å². The monoisotopic (exact) mass is 234 g/mol. The molecule has 0 spiro atoms. The second-order valence-corrected chi connectivity index (χ2v) is 5.18. The third-order valence-corrected chi connectivity index (χ3v) is 4.09. The van der Waals surface area contributed by atoms with Crippen LogP contribution in [0.15, 0.2) is 6.07 Å². The van der Waals surface area contributed by atoms with Crippen LogP contribution in [0, 0.1) is 11.3 Å². The molecular formula is C12H14N2OS. The predicted molar refractivity (Wildman–Crippen MR) is 63.5 cm³/mol. The Balaban J connectivity index is 2.06.